The molecule has 5 nitrogen and oxygen atoms in total. The Morgan fingerprint density at radius 1 is 1.10 bits per heavy atom. The molecule has 118 valence electrons. The standard InChI is InChI=1S/C16H26N2O3/c1-16(2,3)10-4-5-11-17-13(19)7-6-12-18-14(20)8-9-15(18)21/h8-9H,4-7,10-12H2,1-3H3,(H,17,19). The molecule has 0 aromatic rings. The molecule has 0 unspecified atom stereocenters. The van der Waals surface area contributed by atoms with Crippen molar-refractivity contribution in [2.75, 3.05) is 13.1 Å². The summed E-state index contributed by atoms with van der Waals surface area (Å²) < 4.78 is 0. The van der Waals surface area contributed by atoms with E-state index < -0.39 is 0 Å². The van der Waals surface area contributed by atoms with Crippen LogP contribution < -0.4 is 5.32 Å². The number of imide groups is 1. The van der Waals surface area contributed by atoms with Gasteiger partial charge in [-0.1, -0.05) is 27.2 Å². The largest absolute Gasteiger partial charge is 0.356 e. The van der Waals surface area contributed by atoms with Gasteiger partial charge in [0, 0.05) is 31.7 Å². The van der Waals surface area contributed by atoms with Crippen molar-refractivity contribution in [1.82, 2.24) is 10.2 Å². The lowest BCUT2D eigenvalue weighted by Crippen LogP contribution is -2.32. The van der Waals surface area contributed by atoms with Crippen LogP contribution in [-0.2, 0) is 14.4 Å². The Morgan fingerprint density at radius 2 is 1.71 bits per heavy atom. The highest BCUT2D eigenvalue weighted by molar-refractivity contribution is 6.12. The van der Waals surface area contributed by atoms with Gasteiger partial charge in [-0.15, -0.1) is 0 Å². The van der Waals surface area contributed by atoms with E-state index in [1.54, 1.807) is 0 Å². The van der Waals surface area contributed by atoms with Crippen LogP contribution in [-0.4, -0.2) is 35.7 Å². The zero-order valence-corrected chi connectivity index (χ0v) is 13.3. The first-order valence-corrected chi connectivity index (χ1v) is 7.60. The lowest BCUT2D eigenvalue weighted by atomic mass is 9.90. The summed E-state index contributed by atoms with van der Waals surface area (Å²) in [7, 11) is 0. The lowest BCUT2D eigenvalue weighted by Gasteiger charge is -2.17. The summed E-state index contributed by atoms with van der Waals surface area (Å²) >= 11 is 0. The van der Waals surface area contributed by atoms with E-state index in [1.807, 2.05) is 0 Å². The quantitative estimate of drug-likeness (QED) is 0.550. The van der Waals surface area contributed by atoms with Gasteiger partial charge in [0.15, 0.2) is 0 Å². The van der Waals surface area contributed by atoms with Gasteiger partial charge in [0.25, 0.3) is 11.8 Å². The van der Waals surface area contributed by atoms with Gasteiger partial charge < -0.3 is 5.32 Å². The van der Waals surface area contributed by atoms with E-state index in [1.165, 1.54) is 12.2 Å². The molecule has 1 rings (SSSR count). The fraction of sp³-hybridized carbons (Fsp3) is 0.688. The van der Waals surface area contributed by atoms with Crippen molar-refractivity contribution in [3.05, 3.63) is 12.2 Å². The Hall–Kier alpha value is -1.65. The van der Waals surface area contributed by atoms with E-state index >= 15 is 0 Å². The summed E-state index contributed by atoms with van der Waals surface area (Å²) in [5.74, 6) is -0.594. The number of hydrogen-bond acceptors (Lipinski definition) is 3. The fourth-order valence-electron chi connectivity index (χ4n) is 2.15. The maximum atomic E-state index is 11.6. The second kappa shape index (κ2) is 7.96. The molecule has 21 heavy (non-hydrogen) atoms. The zero-order chi connectivity index (χ0) is 15.9. The lowest BCUT2D eigenvalue weighted by molar-refractivity contribution is -0.137. The van der Waals surface area contributed by atoms with Crippen molar-refractivity contribution in [3.63, 3.8) is 0 Å². The zero-order valence-electron chi connectivity index (χ0n) is 13.3. The third-order valence-electron chi connectivity index (χ3n) is 3.36. The molecule has 0 fully saturated rings. The summed E-state index contributed by atoms with van der Waals surface area (Å²) in [6.07, 6.45) is 6.61. The second-order valence-electron chi connectivity index (χ2n) is 6.63. The minimum absolute atomic E-state index is 0.0159. The van der Waals surface area contributed by atoms with Crippen molar-refractivity contribution >= 4 is 17.7 Å². The number of unbranched alkanes of at least 4 members (excludes halogenated alkanes) is 1. The van der Waals surface area contributed by atoms with E-state index in [-0.39, 0.29) is 17.7 Å². The molecule has 0 bridgehead atoms. The molecule has 1 N–H and O–H groups in total. The Balaban J connectivity index is 2.04. The van der Waals surface area contributed by atoms with E-state index in [0.717, 1.165) is 24.2 Å². The fourth-order valence-corrected chi connectivity index (χ4v) is 2.15. The number of amides is 3. The van der Waals surface area contributed by atoms with Gasteiger partial charge in [0.1, 0.15) is 0 Å². The monoisotopic (exact) mass is 294 g/mol. The highest BCUT2D eigenvalue weighted by Gasteiger charge is 2.22. The van der Waals surface area contributed by atoms with E-state index in [0.29, 0.717) is 31.3 Å². The summed E-state index contributed by atoms with van der Waals surface area (Å²) in [5.41, 5.74) is 0.340. The molecule has 0 spiro atoms. The highest BCUT2D eigenvalue weighted by atomic mass is 16.2. The molecular formula is C16H26N2O3. The summed E-state index contributed by atoms with van der Waals surface area (Å²) in [4.78, 5) is 35.4. The highest BCUT2D eigenvalue weighted by Crippen LogP contribution is 2.21. The van der Waals surface area contributed by atoms with Crippen LogP contribution in [0.4, 0.5) is 0 Å². The Labute approximate surface area is 126 Å². The molecule has 1 aliphatic heterocycles. The number of rotatable bonds is 8. The first kappa shape index (κ1) is 17.4. The molecule has 1 heterocycles. The average Bonchev–Trinajstić information content (AvgIpc) is 2.68. The van der Waals surface area contributed by atoms with Crippen LogP contribution in [0.2, 0.25) is 0 Å². The predicted molar refractivity (Wildman–Crippen MR) is 81.4 cm³/mol. The number of hydrogen-bond donors (Lipinski definition) is 1. The molecule has 0 aromatic heterocycles. The van der Waals surface area contributed by atoms with E-state index in [2.05, 4.69) is 26.1 Å². The molecule has 0 radical (unpaired) electrons. The summed E-state index contributed by atoms with van der Waals surface area (Å²) in [6, 6.07) is 0. The van der Waals surface area contributed by atoms with E-state index in [9.17, 15) is 14.4 Å². The molecule has 3 amide bonds. The van der Waals surface area contributed by atoms with Crippen molar-refractivity contribution < 1.29 is 14.4 Å². The van der Waals surface area contributed by atoms with Gasteiger partial charge in [-0.05, 0) is 24.7 Å². The molecule has 0 saturated heterocycles. The predicted octanol–water partition coefficient (Wildman–Crippen LogP) is 2.02. The van der Waals surface area contributed by atoms with Gasteiger partial charge in [-0.25, -0.2) is 0 Å². The van der Waals surface area contributed by atoms with Gasteiger partial charge in [-0.3, -0.25) is 19.3 Å². The second-order valence-corrected chi connectivity index (χ2v) is 6.63. The topological polar surface area (TPSA) is 66.5 Å². The van der Waals surface area contributed by atoms with Gasteiger partial charge >= 0.3 is 0 Å². The van der Waals surface area contributed by atoms with Crippen LogP contribution in [0.15, 0.2) is 12.2 Å². The molecule has 1 aliphatic rings. The Kier molecular flexibility index (Phi) is 6.59. The van der Waals surface area contributed by atoms with Crippen molar-refractivity contribution in [2.45, 2.75) is 52.9 Å². The smallest absolute Gasteiger partial charge is 0.253 e. The van der Waals surface area contributed by atoms with Crippen molar-refractivity contribution in [3.8, 4) is 0 Å². The third kappa shape index (κ3) is 7.06. The normalized spacial score (nSPS) is 14.9. The van der Waals surface area contributed by atoms with Crippen LogP contribution in [0, 0.1) is 5.41 Å². The Morgan fingerprint density at radius 3 is 2.29 bits per heavy atom. The minimum Gasteiger partial charge on any atom is -0.356 e. The SMILES string of the molecule is CC(C)(C)CCCCNC(=O)CCCN1C(=O)C=CC1=O. The molecule has 0 atom stereocenters. The van der Waals surface area contributed by atoms with Crippen molar-refractivity contribution in [2.24, 2.45) is 5.41 Å². The minimum atomic E-state index is -0.289. The summed E-state index contributed by atoms with van der Waals surface area (Å²) in [5, 5.41) is 2.87. The molecule has 0 aromatic carbocycles. The van der Waals surface area contributed by atoms with Crippen LogP contribution in [0.3, 0.4) is 0 Å². The molecule has 5 heteroatoms. The first-order chi connectivity index (χ1) is 9.79. The van der Waals surface area contributed by atoms with Crippen LogP contribution in [0.25, 0.3) is 0 Å². The molecule has 0 aliphatic carbocycles. The van der Waals surface area contributed by atoms with Crippen LogP contribution in [0.5, 0.6) is 0 Å². The number of nitrogens with zero attached hydrogens (tertiary/aromatic N) is 1. The average molecular weight is 294 g/mol. The number of nitrogens with one attached hydrogen (secondary N) is 1. The van der Waals surface area contributed by atoms with Crippen molar-refractivity contribution in [1.29, 1.82) is 0 Å². The number of carbonyl (C=O) groups excluding carboxylic acids is 3. The molecule has 0 saturated carbocycles. The summed E-state index contributed by atoms with van der Waals surface area (Å²) in [6.45, 7) is 7.63. The van der Waals surface area contributed by atoms with Gasteiger partial charge in [-0.2, -0.15) is 0 Å². The maximum Gasteiger partial charge on any atom is 0.253 e. The van der Waals surface area contributed by atoms with E-state index in [4.69, 9.17) is 0 Å². The van der Waals surface area contributed by atoms with Gasteiger partial charge in [0.2, 0.25) is 5.91 Å². The third-order valence-corrected chi connectivity index (χ3v) is 3.36. The number of carbonyl (C=O) groups is 3. The van der Waals surface area contributed by atoms with Crippen LogP contribution >= 0.6 is 0 Å². The van der Waals surface area contributed by atoms with Crippen LogP contribution in [0.1, 0.15) is 52.9 Å². The Bertz CT molecular complexity index is 404. The molecular weight excluding hydrogens is 268 g/mol. The first-order valence-electron chi connectivity index (χ1n) is 7.60. The van der Waals surface area contributed by atoms with Gasteiger partial charge in [0.05, 0.1) is 0 Å². The maximum absolute atomic E-state index is 11.6.